The van der Waals surface area contributed by atoms with Crippen LogP contribution >= 0.6 is 35.3 Å². The van der Waals surface area contributed by atoms with Gasteiger partial charge in [0.25, 0.3) is 0 Å². The van der Waals surface area contributed by atoms with Gasteiger partial charge in [0, 0.05) is 6.07 Å². The van der Waals surface area contributed by atoms with Crippen LogP contribution in [0.15, 0.2) is 64.3 Å². The first-order valence-electron chi connectivity index (χ1n) is 10.7. The first-order valence-corrected chi connectivity index (χ1v) is 13.0. The van der Waals surface area contributed by atoms with Gasteiger partial charge in [0.15, 0.2) is 26.2 Å². The number of hydrogen-bond acceptors (Lipinski definition) is 8. The minimum absolute atomic E-state index is 0.140. The van der Waals surface area contributed by atoms with E-state index in [1.165, 1.54) is 23.1 Å². The van der Waals surface area contributed by atoms with E-state index in [1.54, 1.807) is 13.0 Å². The van der Waals surface area contributed by atoms with Crippen LogP contribution in [0.1, 0.15) is 11.3 Å². The van der Waals surface area contributed by atoms with Crippen molar-refractivity contribution in [3.63, 3.8) is 0 Å². The molecule has 174 valence electrons. The Hall–Kier alpha value is -3.54. The number of nitrogens with one attached hydrogen (secondary N) is 1. The van der Waals surface area contributed by atoms with E-state index in [0.29, 0.717) is 20.7 Å². The summed E-state index contributed by atoms with van der Waals surface area (Å²) in [6.45, 7) is 3.82. The average Bonchev–Trinajstić information content (AvgIpc) is 3.52. The Morgan fingerprint density at radius 1 is 1.11 bits per heavy atom. The van der Waals surface area contributed by atoms with Gasteiger partial charge in [-0.05, 0) is 49.8 Å². The molecule has 0 aliphatic heterocycles. The molecular formula is C24H18N6O2S3. The zero-order valence-corrected chi connectivity index (χ0v) is 21.1. The molecular weight excluding hydrogens is 501 g/mol. The highest BCUT2D eigenvalue weighted by Gasteiger charge is 2.20. The van der Waals surface area contributed by atoms with Crippen molar-refractivity contribution in [1.29, 1.82) is 0 Å². The van der Waals surface area contributed by atoms with Crippen LogP contribution in [-0.2, 0) is 4.79 Å². The van der Waals surface area contributed by atoms with Crippen LogP contribution < -0.4 is 5.32 Å². The molecule has 0 saturated carbocycles. The summed E-state index contributed by atoms with van der Waals surface area (Å²) in [6, 6.07) is 17.6. The summed E-state index contributed by atoms with van der Waals surface area (Å²) in [5, 5.41) is 7.25. The molecule has 1 N–H and O–H groups in total. The number of hydrogen-bond donors (Lipinski definition) is 1. The van der Waals surface area contributed by atoms with E-state index in [-0.39, 0.29) is 11.7 Å². The number of aryl methyl sites for hydroxylation is 2. The third-order valence-corrected chi connectivity index (χ3v) is 7.83. The standard InChI is InChI=1S/C24H18N6O2S3/c1-13-7-3-5-9-16(13)30-22-20(35-24(30)33)21-25-15-8-4-6-10-17(15)29(21)23(27-22)34-12-19(31)26-18-11-14(2)32-28-18/h3-11H,12H2,1-2H3,(H,26,28,31). The number of carbonyl (C=O) groups excluding carboxylic acids is 1. The van der Waals surface area contributed by atoms with Crippen molar-refractivity contribution in [3.05, 3.63) is 69.9 Å². The molecule has 0 radical (unpaired) electrons. The molecule has 1 amide bonds. The van der Waals surface area contributed by atoms with Crippen molar-refractivity contribution in [2.45, 2.75) is 19.0 Å². The minimum atomic E-state index is -0.205. The summed E-state index contributed by atoms with van der Waals surface area (Å²) in [7, 11) is 0. The maximum atomic E-state index is 12.6. The lowest BCUT2D eigenvalue weighted by molar-refractivity contribution is -0.113. The second-order valence-electron chi connectivity index (χ2n) is 7.96. The first-order chi connectivity index (χ1) is 17.0. The van der Waals surface area contributed by atoms with Gasteiger partial charge in [-0.3, -0.25) is 13.8 Å². The highest BCUT2D eigenvalue weighted by molar-refractivity contribution is 7.99. The topological polar surface area (TPSA) is 90.2 Å². The van der Waals surface area contributed by atoms with E-state index < -0.39 is 0 Å². The molecule has 6 aromatic rings. The average molecular weight is 519 g/mol. The van der Waals surface area contributed by atoms with Crippen LogP contribution in [0.4, 0.5) is 5.82 Å². The van der Waals surface area contributed by atoms with E-state index in [2.05, 4.69) is 23.5 Å². The van der Waals surface area contributed by atoms with Gasteiger partial charge < -0.3 is 9.84 Å². The molecule has 0 atom stereocenters. The quantitative estimate of drug-likeness (QED) is 0.171. The largest absolute Gasteiger partial charge is 0.360 e. The molecule has 8 nitrogen and oxygen atoms in total. The summed E-state index contributed by atoms with van der Waals surface area (Å²) in [5.41, 5.74) is 5.35. The van der Waals surface area contributed by atoms with Gasteiger partial charge in [-0.1, -0.05) is 58.6 Å². The van der Waals surface area contributed by atoms with E-state index in [0.717, 1.165) is 38.3 Å². The predicted molar refractivity (Wildman–Crippen MR) is 141 cm³/mol. The van der Waals surface area contributed by atoms with Gasteiger partial charge in [0.2, 0.25) is 5.91 Å². The fourth-order valence-corrected chi connectivity index (χ4v) is 6.12. The molecule has 35 heavy (non-hydrogen) atoms. The second kappa shape index (κ2) is 8.59. The van der Waals surface area contributed by atoms with E-state index in [4.69, 9.17) is 26.7 Å². The van der Waals surface area contributed by atoms with Gasteiger partial charge in [-0.15, -0.1) is 0 Å². The number of rotatable bonds is 5. The lowest BCUT2D eigenvalue weighted by atomic mass is 10.2. The summed E-state index contributed by atoms with van der Waals surface area (Å²) >= 11 is 8.60. The van der Waals surface area contributed by atoms with Gasteiger partial charge in [0.1, 0.15) is 10.5 Å². The van der Waals surface area contributed by atoms with Gasteiger partial charge in [-0.2, -0.15) is 0 Å². The zero-order valence-electron chi connectivity index (χ0n) is 18.7. The molecule has 0 saturated heterocycles. The summed E-state index contributed by atoms with van der Waals surface area (Å²) in [4.78, 5) is 22.6. The number of thiazole rings is 1. The van der Waals surface area contributed by atoms with Gasteiger partial charge in [-0.25, -0.2) is 9.97 Å². The molecule has 4 aromatic heterocycles. The van der Waals surface area contributed by atoms with Crippen LogP contribution in [-0.4, -0.2) is 35.8 Å². The highest BCUT2D eigenvalue weighted by Crippen LogP contribution is 2.34. The molecule has 0 fully saturated rings. The van der Waals surface area contributed by atoms with Crippen LogP contribution in [0.2, 0.25) is 0 Å². The molecule has 0 aliphatic rings. The van der Waals surface area contributed by atoms with Gasteiger partial charge in [0.05, 0.1) is 22.5 Å². The van der Waals surface area contributed by atoms with E-state index in [9.17, 15) is 4.79 Å². The van der Waals surface area contributed by atoms with Crippen LogP contribution in [0, 0.1) is 17.8 Å². The molecule has 0 unspecified atom stereocenters. The number of benzene rings is 2. The van der Waals surface area contributed by atoms with Crippen molar-refractivity contribution in [2.75, 3.05) is 11.1 Å². The minimum Gasteiger partial charge on any atom is -0.360 e. The number of carbonyl (C=O) groups is 1. The van der Waals surface area contributed by atoms with Crippen LogP contribution in [0.5, 0.6) is 0 Å². The number of thioether (sulfide) groups is 1. The SMILES string of the molecule is Cc1cc(NC(=O)CSc2nc3c(sc(=S)n3-c3ccccc3C)c3nc4ccccc4n23)no1. The smallest absolute Gasteiger partial charge is 0.236 e. The van der Waals surface area contributed by atoms with E-state index in [1.807, 2.05) is 51.4 Å². The van der Waals surface area contributed by atoms with Crippen molar-refractivity contribution < 1.29 is 9.32 Å². The monoisotopic (exact) mass is 518 g/mol. The van der Waals surface area contributed by atoms with Crippen molar-refractivity contribution in [2.24, 2.45) is 0 Å². The third-order valence-electron chi connectivity index (χ3n) is 5.53. The molecule has 4 heterocycles. The Bertz CT molecular complexity index is 1810. The molecule has 2 aromatic carbocycles. The predicted octanol–water partition coefficient (Wildman–Crippen LogP) is 5.95. The summed E-state index contributed by atoms with van der Waals surface area (Å²) in [5.74, 6) is 0.954. The number of para-hydroxylation sites is 3. The lowest BCUT2D eigenvalue weighted by Gasteiger charge is -2.10. The Morgan fingerprint density at radius 2 is 1.91 bits per heavy atom. The van der Waals surface area contributed by atoms with Crippen molar-refractivity contribution in [1.82, 2.24) is 24.1 Å². The number of amides is 1. The fourth-order valence-electron chi connectivity index (χ4n) is 3.98. The van der Waals surface area contributed by atoms with Crippen LogP contribution in [0.3, 0.4) is 0 Å². The van der Waals surface area contributed by atoms with Crippen LogP contribution in [0.25, 0.3) is 32.7 Å². The maximum absolute atomic E-state index is 12.6. The number of aromatic nitrogens is 5. The van der Waals surface area contributed by atoms with Gasteiger partial charge >= 0.3 is 0 Å². The normalized spacial score (nSPS) is 11.6. The molecule has 0 spiro atoms. The fraction of sp³-hybridized carbons (Fsp3) is 0.125. The molecule has 0 bridgehead atoms. The lowest BCUT2D eigenvalue weighted by Crippen LogP contribution is -2.15. The van der Waals surface area contributed by atoms with Crippen molar-refractivity contribution in [3.8, 4) is 5.69 Å². The molecule has 11 heteroatoms. The first kappa shape index (κ1) is 22.0. The molecule has 0 aliphatic carbocycles. The molecule has 6 rings (SSSR count). The summed E-state index contributed by atoms with van der Waals surface area (Å²) < 4.78 is 10.6. The second-order valence-corrected chi connectivity index (χ2v) is 10.5. The Morgan fingerprint density at radius 3 is 2.71 bits per heavy atom. The van der Waals surface area contributed by atoms with E-state index >= 15 is 0 Å². The third kappa shape index (κ3) is 3.81. The number of anilines is 1. The summed E-state index contributed by atoms with van der Waals surface area (Å²) in [6.07, 6.45) is 0. The Balaban J connectivity index is 1.51. The number of nitrogens with zero attached hydrogens (tertiary/aromatic N) is 5. The van der Waals surface area contributed by atoms with Crippen molar-refractivity contribution >= 4 is 74.1 Å². The zero-order chi connectivity index (χ0) is 24.1. The Labute approximate surface area is 212 Å². The maximum Gasteiger partial charge on any atom is 0.236 e. The Kier molecular flexibility index (Phi) is 5.39. The number of imidazole rings is 1. The highest BCUT2D eigenvalue weighted by atomic mass is 32.2. The number of fused-ring (bicyclic) bond motifs is 5.